The van der Waals surface area contributed by atoms with Crippen LogP contribution in [0.3, 0.4) is 0 Å². The summed E-state index contributed by atoms with van der Waals surface area (Å²) in [5, 5.41) is 5.43. The molecule has 0 saturated carbocycles. The van der Waals surface area contributed by atoms with E-state index >= 15 is 0 Å². The molecule has 0 radical (unpaired) electrons. The standard InChI is InChI=1S/C12H13F3N2O/c13-8-5-10(15)11(6-9(8)14)17-7-2-1-3-16-12(18)4-7/h5-7,17H,1-4H2,(H,16,18). The molecule has 0 aromatic heterocycles. The van der Waals surface area contributed by atoms with Crippen molar-refractivity contribution >= 4 is 11.6 Å². The van der Waals surface area contributed by atoms with Gasteiger partial charge in [0.1, 0.15) is 5.82 Å². The molecule has 0 aliphatic carbocycles. The molecule has 1 aromatic carbocycles. The lowest BCUT2D eigenvalue weighted by Gasteiger charge is -2.17. The lowest BCUT2D eigenvalue weighted by atomic mass is 10.1. The first-order chi connectivity index (χ1) is 8.56. The van der Waals surface area contributed by atoms with Gasteiger partial charge in [-0.3, -0.25) is 4.79 Å². The van der Waals surface area contributed by atoms with Gasteiger partial charge in [-0.15, -0.1) is 0 Å². The fourth-order valence-electron chi connectivity index (χ4n) is 1.95. The van der Waals surface area contributed by atoms with Crippen LogP contribution in [0.1, 0.15) is 19.3 Å². The van der Waals surface area contributed by atoms with Crippen LogP contribution >= 0.6 is 0 Å². The second-order valence-corrected chi connectivity index (χ2v) is 4.28. The zero-order chi connectivity index (χ0) is 13.1. The largest absolute Gasteiger partial charge is 0.379 e. The molecule has 1 unspecified atom stereocenters. The predicted octanol–water partition coefficient (Wildman–Crippen LogP) is 2.18. The van der Waals surface area contributed by atoms with Crippen molar-refractivity contribution in [3.05, 3.63) is 29.6 Å². The van der Waals surface area contributed by atoms with E-state index in [-0.39, 0.29) is 24.1 Å². The van der Waals surface area contributed by atoms with Crippen molar-refractivity contribution in [1.29, 1.82) is 0 Å². The van der Waals surface area contributed by atoms with Gasteiger partial charge in [0.15, 0.2) is 11.6 Å². The lowest BCUT2D eigenvalue weighted by molar-refractivity contribution is -0.120. The van der Waals surface area contributed by atoms with Gasteiger partial charge in [0, 0.05) is 31.1 Å². The Bertz CT molecular complexity index is 465. The van der Waals surface area contributed by atoms with Gasteiger partial charge in [0.2, 0.25) is 5.91 Å². The van der Waals surface area contributed by atoms with Crippen molar-refractivity contribution < 1.29 is 18.0 Å². The highest BCUT2D eigenvalue weighted by atomic mass is 19.2. The third kappa shape index (κ3) is 2.94. The molecular weight excluding hydrogens is 245 g/mol. The highest BCUT2D eigenvalue weighted by Crippen LogP contribution is 2.21. The number of carbonyl (C=O) groups is 1. The average molecular weight is 258 g/mol. The van der Waals surface area contributed by atoms with E-state index < -0.39 is 17.5 Å². The van der Waals surface area contributed by atoms with Gasteiger partial charge in [-0.2, -0.15) is 0 Å². The quantitative estimate of drug-likeness (QED) is 0.798. The van der Waals surface area contributed by atoms with Gasteiger partial charge in [-0.25, -0.2) is 13.2 Å². The first-order valence-electron chi connectivity index (χ1n) is 5.74. The number of benzene rings is 1. The molecule has 1 aliphatic heterocycles. The van der Waals surface area contributed by atoms with Gasteiger partial charge < -0.3 is 10.6 Å². The number of carbonyl (C=O) groups excluding carboxylic acids is 1. The van der Waals surface area contributed by atoms with Gasteiger partial charge in [-0.05, 0) is 12.8 Å². The number of anilines is 1. The fraction of sp³-hybridized carbons (Fsp3) is 0.417. The van der Waals surface area contributed by atoms with E-state index in [4.69, 9.17) is 0 Å². The van der Waals surface area contributed by atoms with Crippen molar-refractivity contribution in [3.8, 4) is 0 Å². The van der Waals surface area contributed by atoms with E-state index in [1.165, 1.54) is 0 Å². The molecule has 0 bridgehead atoms. The SMILES string of the molecule is O=C1CC(Nc2cc(F)c(F)cc2F)CCCN1. The monoisotopic (exact) mass is 258 g/mol. The van der Waals surface area contributed by atoms with Crippen molar-refractivity contribution in [2.45, 2.75) is 25.3 Å². The Hall–Kier alpha value is -1.72. The summed E-state index contributed by atoms with van der Waals surface area (Å²) in [5.41, 5.74) is -0.117. The maximum atomic E-state index is 13.4. The Morgan fingerprint density at radius 3 is 2.67 bits per heavy atom. The summed E-state index contributed by atoms with van der Waals surface area (Å²) < 4.78 is 39.2. The summed E-state index contributed by atoms with van der Waals surface area (Å²) in [6.07, 6.45) is 1.62. The van der Waals surface area contributed by atoms with Crippen molar-refractivity contribution in [3.63, 3.8) is 0 Å². The van der Waals surface area contributed by atoms with E-state index in [1.807, 2.05) is 0 Å². The zero-order valence-corrected chi connectivity index (χ0v) is 9.60. The van der Waals surface area contributed by atoms with E-state index in [0.29, 0.717) is 19.0 Å². The first kappa shape index (κ1) is 12.7. The third-order valence-corrected chi connectivity index (χ3v) is 2.85. The summed E-state index contributed by atoms with van der Waals surface area (Å²) in [4.78, 5) is 11.3. The molecule has 3 nitrogen and oxygen atoms in total. The minimum atomic E-state index is -1.23. The molecule has 1 amide bonds. The maximum absolute atomic E-state index is 13.4. The topological polar surface area (TPSA) is 41.1 Å². The molecular formula is C12H13F3N2O. The molecule has 6 heteroatoms. The minimum Gasteiger partial charge on any atom is -0.379 e. The Balaban J connectivity index is 2.13. The Morgan fingerprint density at radius 1 is 1.17 bits per heavy atom. The van der Waals surface area contributed by atoms with E-state index in [1.54, 1.807) is 0 Å². The summed E-state index contributed by atoms with van der Waals surface area (Å²) in [6.45, 7) is 0.581. The van der Waals surface area contributed by atoms with Crippen LogP contribution in [0.4, 0.5) is 18.9 Å². The van der Waals surface area contributed by atoms with Crippen LogP contribution in [0.25, 0.3) is 0 Å². The van der Waals surface area contributed by atoms with E-state index in [2.05, 4.69) is 10.6 Å². The molecule has 1 aliphatic rings. The number of rotatable bonds is 2. The van der Waals surface area contributed by atoms with Gasteiger partial charge in [0.25, 0.3) is 0 Å². The van der Waals surface area contributed by atoms with Crippen LogP contribution in [0.15, 0.2) is 12.1 Å². The van der Waals surface area contributed by atoms with Crippen molar-refractivity contribution in [2.75, 3.05) is 11.9 Å². The number of amides is 1. The second-order valence-electron chi connectivity index (χ2n) is 4.28. The lowest BCUT2D eigenvalue weighted by Crippen LogP contribution is -2.27. The Kier molecular flexibility index (Phi) is 3.74. The zero-order valence-electron chi connectivity index (χ0n) is 9.60. The number of nitrogens with one attached hydrogen (secondary N) is 2. The van der Waals surface area contributed by atoms with Crippen LogP contribution < -0.4 is 10.6 Å². The van der Waals surface area contributed by atoms with Crippen molar-refractivity contribution in [2.24, 2.45) is 0 Å². The molecule has 1 aromatic rings. The number of halogens is 3. The molecule has 1 fully saturated rings. The molecule has 1 atom stereocenters. The van der Waals surface area contributed by atoms with Gasteiger partial charge in [0.05, 0.1) is 5.69 Å². The van der Waals surface area contributed by atoms with E-state index in [9.17, 15) is 18.0 Å². The predicted molar refractivity (Wildman–Crippen MR) is 60.6 cm³/mol. The Labute approximate surface area is 102 Å². The smallest absolute Gasteiger partial charge is 0.222 e. The second kappa shape index (κ2) is 5.29. The average Bonchev–Trinajstić information content (AvgIpc) is 2.50. The number of hydrogen-bond acceptors (Lipinski definition) is 2. The van der Waals surface area contributed by atoms with Crippen LogP contribution in [-0.2, 0) is 4.79 Å². The van der Waals surface area contributed by atoms with Crippen LogP contribution in [-0.4, -0.2) is 18.5 Å². The van der Waals surface area contributed by atoms with Crippen molar-refractivity contribution in [1.82, 2.24) is 5.32 Å². The third-order valence-electron chi connectivity index (χ3n) is 2.85. The summed E-state index contributed by atoms with van der Waals surface area (Å²) in [5.74, 6) is -3.33. The molecule has 1 heterocycles. The molecule has 18 heavy (non-hydrogen) atoms. The highest BCUT2D eigenvalue weighted by Gasteiger charge is 2.19. The molecule has 0 spiro atoms. The maximum Gasteiger partial charge on any atom is 0.222 e. The first-order valence-corrected chi connectivity index (χ1v) is 5.74. The summed E-state index contributed by atoms with van der Waals surface area (Å²) in [7, 11) is 0. The van der Waals surface area contributed by atoms with Crippen LogP contribution in [0.5, 0.6) is 0 Å². The molecule has 98 valence electrons. The summed E-state index contributed by atoms with van der Waals surface area (Å²) >= 11 is 0. The van der Waals surface area contributed by atoms with Crippen LogP contribution in [0.2, 0.25) is 0 Å². The van der Waals surface area contributed by atoms with Gasteiger partial charge >= 0.3 is 0 Å². The molecule has 2 rings (SSSR count). The minimum absolute atomic E-state index is 0.117. The van der Waals surface area contributed by atoms with Crippen LogP contribution in [0, 0.1) is 17.5 Å². The summed E-state index contributed by atoms with van der Waals surface area (Å²) in [6, 6.07) is 0.994. The molecule has 1 saturated heterocycles. The fourth-order valence-corrected chi connectivity index (χ4v) is 1.95. The van der Waals surface area contributed by atoms with Gasteiger partial charge in [-0.1, -0.05) is 0 Å². The molecule has 2 N–H and O–H groups in total. The Morgan fingerprint density at radius 2 is 1.89 bits per heavy atom. The number of hydrogen-bond donors (Lipinski definition) is 2. The normalized spacial score (nSPS) is 20.2. The van der Waals surface area contributed by atoms with E-state index in [0.717, 1.165) is 12.5 Å². The highest BCUT2D eigenvalue weighted by molar-refractivity contribution is 5.77.